The Balaban J connectivity index is 2.68. The first-order valence-corrected chi connectivity index (χ1v) is 28.3. The lowest BCUT2D eigenvalue weighted by atomic mass is 9.98. The molecule has 1 saturated heterocycles. The molecule has 0 aliphatic carbocycles. The van der Waals surface area contributed by atoms with Crippen molar-refractivity contribution >= 4 is 23.9 Å². The number of unbranched alkanes of at least 4 members (excludes halogenated alkanes) is 30. The van der Waals surface area contributed by atoms with E-state index in [1.807, 2.05) is 0 Å². The van der Waals surface area contributed by atoms with Crippen LogP contribution in [-0.2, 0) is 42.9 Å². The Bertz CT molecular complexity index is 1300. The van der Waals surface area contributed by atoms with E-state index >= 15 is 0 Å². The normalized spacial score (nSPS) is 18.8. The molecule has 0 saturated carbocycles. The number of ether oxygens (including phenoxy) is 5. The van der Waals surface area contributed by atoms with Gasteiger partial charge in [-0.2, -0.15) is 0 Å². The summed E-state index contributed by atoms with van der Waals surface area (Å²) in [5.41, 5.74) is 0. The van der Waals surface area contributed by atoms with Crippen LogP contribution in [0.2, 0.25) is 0 Å². The van der Waals surface area contributed by atoms with Crippen molar-refractivity contribution in [2.75, 3.05) is 13.2 Å². The fourth-order valence-corrected chi connectivity index (χ4v) is 8.58. The van der Waals surface area contributed by atoms with Gasteiger partial charge in [0.15, 0.2) is 24.6 Å². The average molecular weight is 979 g/mol. The summed E-state index contributed by atoms with van der Waals surface area (Å²) in [5.74, 6) is -3.11. The Labute approximate surface area is 419 Å². The Kier molecular flexibility index (Phi) is 43.1. The van der Waals surface area contributed by atoms with E-state index in [1.165, 1.54) is 116 Å². The van der Waals surface area contributed by atoms with Crippen molar-refractivity contribution in [2.45, 2.75) is 302 Å². The minimum atomic E-state index is -1.90. The predicted molar refractivity (Wildman–Crippen MR) is 276 cm³/mol. The van der Waals surface area contributed by atoms with E-state index in [0.29, 0.717) is 19.3 Å². The van der Waals surface area contributed by atoms with Crippen LogP contribution in [0.25, 0.3) is 0 Å². The molecule has 0 amide bonds. The molecule has 3 N–H and O–H groups in total. The molecule has 1 aliphatic rings. The molecule has 1 fully saturated rings. The summed E-state index contributed by atoms with van der Waals surface area (Å²) in [5, 5.41) is 31.3. The summed E-state index contributed by atoms with van der Waals surface area (Å²) in [6.07, 6.45) is 38.8. The third-order valence-electron chi connectivity index (χ3n) is 13.0. The molecule has 12 nitrogen and oxygen atoms in total. The smallest absolute Gasteiger partial charge is 0.335 e. The lowest BCUT2D eigenvalue weighted by Crippen LogP contribution is -2.61. The van der Waals surface area contributed by atoms with Crippen molar-refractivity contribution in [2.24, 2.45) is 0 Å². The van der Waals surface area contributed by atoms with Crippen LogP contribution in [0.5, 0.6) is 0 Å². The molecular formula is C57H102O12. The molecule has 1 aliphatic heterocycles. The Morgan fingerprint density at radius 1 is 0.464 bits per heavy atom. The molecular weight excluding hydrogens is 877 g/mol. The Morgan fingerprint density at radius 2 is 0.841 bits per heavy atom. The van der Waals surface area contributed by atoms with E-state index in [-0.39, 0.29) is 25.9 Å². The number of aliphatic hydroxyl groups excluding tert-OH is 2. The van der Waals surface area contributed by atoms with Gasteiger partial charge in [-0.05, 0) is 64.2 Å². The minimum Gasteiger partial charge on any atom is -0.479 e. The fourth-order valence-electron chi connectivity index (χ4n) is 8.58. The molecule has 1 rings (SSSR count). The summed E-state index contributed by atoms with van der Waals surface area (Å²) in [7, 11) is 0. The van der Waals surface area contributed by atoms with Crippen molar-refractivity contribution in [3.05, 3.63) is 24.3 Å². The monoisotopic (exact) mass is 979 g/mol. The Morgan fingerprint density at radius 3 is 1.28 bits per heavy atom. The standard InChI is InChI=1S/C57H102O12/c1-4-7-10-13-16-19-22-23-24-25-26-27-30-31-34-37-40-43-49(58)65-46-48(67-50(59)44-41-38-35-32-28-20-17-14-11-8-5-2)47-66-57-55(53(62)52(61)54(69-57)56(63)64)68-51(60)45-42-39-36-33-29-21-18-15-12-9-6-3/h14,17,23-24,48,52-55,57,61-62H,4-13,15-16,18-22,25-47H2,1-3H3,(H,63,64)/b17-14-,24-23-. The van der Waals surface area contributed by atoms with E-state index in [1.54, 1.807) is 0 Å². The average Bonchev–Trinajstić information content (AvgIpc) is 3.33. The van der Waals surface area contributed by atoms with Gasteiger partial charge in [0.2, 0.25) is 0 Å². The first kappa shape index (κ1) is 64.2. The molecule has 0 bridgehead atoms. The maximum absolute atomic E-state index is 13.1. The quantitative estimate of drug-likeness (QED) is 0.0228. The third kappa shape index (κ3) is 36.7. The number of hydrogen-bond acceptors (Lipinski definition) is 11. The molecule has 6 unspecified atom stereocenters. The van der Waals surface area contributed by atoms with Gasteiger partial charge in [-0.25, -0.2) is 4.79 Å². The molecule has 0 radical (unpaired) electrons. The maximum atomic E-state index is 13.1. The lowest BCUT2D eigenvalue weighted by molar-refractivity contribution is -0.301. The van der Waals surface area contributed by atoms with E-state index < -0.39 is 67.3 Å². The zero-order valence-corrected chi connectivity index (χ0v) is 44.1. The van der Waals surface area contributed by atoms with E-state index in [9.17, 15) is 34.5 Å². The second-order valence-corrected chi connectivity index (χ2v) is 19.6. The van der Waals surface area contributed by atoms with Crippen molar-refractivity contribution in [1.29, 1.82) is 0 Å². The molecule has 6 atom stereocenters. The van der Waals surface area contributed by atoms with E-state index in [2.05, 4.69) is 45.1 Å². The van der Waals surface area contributed by atoms with Gasteiger partial charge in [0.05, 0.1) is 6.61 Å². The topological polar surface area (TPSA) is 175 Å². The van der Waals surface area contributed by atoms with Crippen LogP contribution in [0.15, 0.2) is 24.3 Å². The summed E-state index contributed by atoms with van der Waals surface area (Å²) < 4.78 is 28.3. The SMILES string of the molecule is CCCC/C=C\CCCCCCCC(=O)OC(COC(=O)CCCCCCCCC/C=C\CCCCCCCC)COC1OC(C(=O)O)C(O)C(O)C1OC(=O)CCCCCCCCCCCCC. The highest BCUT2D eigenvalue weighted by molar-refractivity contribution is 5.74. The number of esters is 3. The second kappa shape index (κ2) is 46.3. The first-order chi connectivity index (χ1) is 33.6. The largest absolute Gasteiger partial charge is 0.479 e. The highest BCUT2D eigenvalue weighted by atomic mass is 16.7. The Hall–Kier alpha value is -2.80. The molecule has 0 aromatic carbocycles. The lowest BCUT2D eigenvalue weighted by Gasteiger charge is -2.40. The highest BCUT2D eigenvalue weighted by Crippen LogP contribution is 2.26. The van der Waals surface area contributed by atoms with Crippen molar-refractivity contribution in [3.8, 4) is 0 Å². The van der Waals surface area contributed by atoms with E-state index in [4.69, 9.17) is 23.7 Å². The molecule has 0 aromatic rings. The maximum Gasteiger partial charge on any atom is 0.335 e. The summed E-state index contributed by atoms with van der Waals surface area (Å²) in [6, 6.07) is 0. The zero-order valence-electron chi connectivity index (χ0n) is 44.1. The number of carbonyl (C=O) groups is 4. The molecule has 12 heteroatoms. The van der Waals surface area contributed by atoms with Crippen LogP contribution in [0.3, 0.4) is 0 Å². The minimum absolute atomic E-state index is 0.0644. The van der Waals surface area contributed by atoms with Gasteiger partial charge in [0.25, 0.3) is 0 Å². The molecule has 0 aromatic heterocycles. The van der Waals surface area contributed by atoms with Gasteiger partial charge < -0.3 is 39.0 Å². The number of allylic oxidation sites excluding steroid dienone is 4. The second-order valence-electron chi connectivity index (χ2n) is 19.6. The number of rotatable bonds is 48. The van der Waals surface area contributed by atoms with Crippen LogP contribution in [0.1, 0.15) is 265 Å². The number of carboxylic acids is 1. The van der Waals surface area contributed by atoms with Gasteiger partial charge in [-0.15, -0.1) is 0 Å². The van der Waals surface area contributed by atoms with Crippen molar-refractivity contribution in [1.82, 2.24) is 0 Å². The van der Waals surface area contributed by atoms with Crippen molar-refractivity contribution in [3.63, 3.8) is 0 Å². The molecule has 1 heterocycles. The zero-order chi connectivity index (χ0) is 50.4. The fraction of sp³-hybridized carbons (Fsp3) is 0.860. The molecule has 69 heavy (non-hydrogen) atoms. The first-order valence-electron chi connectivity index (χ1n) is 28.3. The van der Waals surface area contributed by atoms with Crippen molar-refractivity contribution < 1.29 is 58.2 Å². The molecule has 402 valence electrons. The molecule has 0 spiro atoms. The summed E-state index contributed by atoms with van der Waals surface area (Å²) in [4.78, 5) is 50.9. The third-order valence-corrected chi connectivity index (χ3v) is 13.0. The number of hydrogen-bond donors (Lipinski definition) is 3. The van der Waals surface area contributed by atoms with Gasteiger partial charge in [0.1, 0.15) is 18.8 Å². The van der Waals surface area contributed by atoms with Gasteiger partial charge in [0, 0.05) is 19.3 Å². The summed E-state index contributed by atoms with van der Waals surface area (Å²) >= 11 is 0. The van der Waals surface area contributed by atoms with Gasteiger partial charge >= 0.3 is 23.9 Å². The number of aliphatic carboxylic acids is 1. The van der Waals surface area contributed by atoms with E-state index in [0.717, 1.165) is 89.9 Å². The predicted octanol–water partition coefficient (Wildman–Crippen LogP) is 13.9. The highest BCUT2D eigenvalue weighted by Gasteiger charge is 2.50. The van der Waals surface area contributed by atoms with Crippen LogP contribution in [-0.4, -0.2) is 89.2 Å². The van der Waals surface area contributed by atoms with Crippen LogP contribution >= 0.6 is 0 Å². The van der Waals surface area contributed by atoms with Crippen LogP contribution in [0.4, 0.5) is 0 Å². The number of aliphatic hydroxyl groups is 2. The van der Waals surface area contributed by atoms with Crippen LogP contribution in [0, 0.1) is 0 Å². The number of carboxylic acid groups (broad SMARTS) is 1. The van der Waals surface area contributed by atoms with Crippen LogP contribution < -0.4 is 0 Å². The number of carbonyl (C=O) groups excluding carboxylic acids is 3. The summed E-state index contributed by atoms with van der Waals surface area (Å²) in [6.45, 7) is 5.93. The van der Waals surface area contributed by atoms with Gasteiger partial charge in [-0.1, -0.05) is 206 Å². The van der Waals surface area contributed by atoms with Gasteiger partial charge in [-0.3, -0.25) is 14.4 Å².